The van der Waals surface area contributed by atoms with Crippen LogP contribution in [0, 0.1) is 0 Å². The fraction of sp³-hybridized carbons (Fsp3) is 0.364. The lowest BCUT2D eigenvalue weighted by Crippen LogP contribution is -2.09. The number of rotatable bonds is 5. The third kappa shape index (κ3) is 2.57. The highest BCUT2D eigenvalue weighted by atomic mass is 16.5. The lowest BCUT2D eigenvalue weighted by atomic mass is 10.1. The van der Waals surface area contributed by atoms with Crippen molar-refractivity contribution in [3.05, 3.63) is 29.8 Å². The van der Waals surface area contributed by atoms with E-state index in [9.17, 15) is 4.79 Å². The Kier molecular flexibility index (Phi) is 4.13. The zero-order valence-corrected chi connectivity index (χ0v) is 8.45. The number of para-hydroxylation sites is 1. The summed E-state index contributed by atoms with van der Waals surface area (Å²) in [6, 6.07) is 7.18. The molecule has 0 amide bonds. The molecule has 0 aliphatic heterocycles. The first-order valence-electron chi connectivity index (χ1n) is 4.53. The number of carbonyl (C=O) groups excluding carboxylic acids is 1. The molecule has 0 heterocycles. The Morgan fingerprint density at radius 1 is 1.36 bits per heavy atom. The normalized spacial score (nSPS) is 9.86. The number of hydrogen-bond donors (Lipinski definition) is 0. The Hall–Kier alpha value is -1.35. The summed E-state index contributed by atoms with van der Waals surface area (Å²) in [4.78, 5) is 11.5. The predicted octanol–water partition coefficient (Wildman–Crippen LogP) is 1.91. The maximum Gasteiger partial charge on any atom is 0.192 e. The average Bonchev–Trinajstić information content (AvgIpc) is 2.19. The summed E-state index contributed by atoms with van der Waals surface area (Å²) in [5.74, 6) is 0.564. The predicted molar refractivity (Wildman–Crippen MR) is 53.8 cm³/mol. The molecule has 0 bridgehead atoms. The zero-order chi connectivity index (χ0) is 10.4. The van der Waals surface area contributed by atoms with Gasteiger partial charge < -0.3 is 9.47 Å². The van der Waals surface area contributed by atoms with Crippen molar-refractivity contribution in [2.75, 3.05) is 20.3 Å². The highest BCUT2D eigenvalue weighted by molar-refractivity contribution is 5.99. The summed E-state index contributed by atoms with van der Waals surface area (Å²) in [7, 11) is 1.50. The van der Waals surface area contributed by atoms with Gasteiger partial charge in [-0.2, -0.15) is 0 Å². The molecule has 1 aromatic rings. The van der Waals surface area contributed by atoms with Crippen LogP contribution in [0.1, 0.15) is 17.3 Å². The molecule has 0 spiro atoms. The SMILES string of the molecule is CCOc1ccccc1C(=O)COC. The van der Waals surface area contributed by atoms with Crippen molar-refractivity contribution in [2.45, 2.75) is 6.92 Å². The molecule has 0 unspecified atom stereocenters. The van der Waals surface area contributed by atoms with Crippen LogP contribution in [0.2, 0.25) is 0 Å². The van der Waals surface area contributed by atoms with Gasteiger partial charge in [0.2, 0.25) is 0 Å². The molecule has 3 nitrogen and oxygen atoms in total. The van der Waals surface area contributed by atoms with Crippen molar-refractivity contribution in [1.29, 1.82) is 0 Å². The van der Waals surface area contributed by atoms with Gasteiger partial charge in [0.1, 0.15) is 12.4 Å². The molecule has 14 heavy (non-hydrogen) atoms. The molecule has 0 fully saturated rings. The minimum atomic E-state index is -0.0587. The van der Waals surface area contributed by atoms with Gasteiger partial charge in [-0.1, -0.05) is 12.1 Å². The lowest BCUT2D eigenvalue weighted by Gasteiger charge is -2.08. The fourth-order valence-corrected chi connectivity index (χ4v) is 1.19. The Morgan fingerprint density at radius 3 is 2.71 bits per heavy atom. The first-order valence-corrected chi connectivity index (χ1v) is 4.53. The maximum atomic E-state index is 11.5. The molecular formula is C11H14O3. The number of hydrogen-bond acceptors (Lipinski definition) is 3. The average molecular weight is 194 g/mol. The van der Waals surface area contributed by atoms with Crippen LogP contribution in [0.3, 0.4) is 0 Å². The van der Waals surface area contributed by atoms with Gasteiger partial charge in [0, 0.05) is 7.11 Å². The van der Waals surface area contributed by atoms with Crippen LogP contribution in [0.15, 0.2) is 24.3 Å². The summed E-state index contributed by atoms with van der Waals surface area (Å²) < 4.78 is 10.1. The van der Waals surface area contributed by atoms with Gasteiger partial charge in [0.15, 0.2) is 5.78 Å². The van der Waals surface area contributed by atoms with Crippen LogP contribution in [-0.2, 0) is 4.74 Å². The highest BCUT2D eigenvalue weighted by Crippen LogP contribution is 2.18. The summed E-state index contributed by atoms with van der Waals surface area (Å²) in [5.41, 5.74) is 0.580. The molecule has 0 radical (unpaired) electrons. The Labute approximate surface area is 83.6 Å². The van der Waals surface area contributed by atoms with Crippen LogP contribution in [0.25, 0.3) is 0 Å². The third-order valence-electron chi connectivity index (χ3n) is 1.76. The molecule has 0 N–H and O–H groups in total. The van der Waals surface area contributed by atoms with Gasteiger partial charge in [-0.25, -0.2) is 0 Å². The van der Waals surface area contributed by atoms with Crippen molar-refractivity contribution >= 4 is 5.78 Å². The van der Waals surface area contributed by atoms with Crippen LogP contribution in [-0.4, -0.2) is 26.1 Å². The molecule has 0 atom stereocenters. The van der Waals surface area contributed by atoms with Crippen molar-refractivity contribution in [1.82, 2.24) is 0 Å². The van der Waals surface area contributed by atoms with E-state index in [1.165, 1.54) is 7.11 Å². The Bertz CT molecular complexity index is 307. The van der Waals surface area contributed by atoms with Crippen molar-refractivity contribution in [3.8, 4) is 5.75 Å². The largest absolute Gasteiger partial charge is 0.493 e. The van der Waals surface area contributed by atoms with E-state index in [1.54, 1.807) is 12.1 Å². The van der Waals surface area contributed by atoms with Crippen LogP contribution in [0.4, 0.5) is 0 Å². The summed E-state index contributed by atoms with van der Waals surface area (Å²) in [6.07, 6.45) is 0. The summed E-state index contributed by atoms with van der Waals surface area (Å²) in [6.45, 7) is 2.53. The fourth-order valence-electron chi connectivity index (χ4n) is 1.19. The topological polar surface area (TPSA) is 35.5 Å². The first-order chi connectivity index (χ1) is 6.79. The molecule has 0 aromatic heterocycles. The second kappa shape index (κ2) is 5.40. The molecule has 1 rings (SSSR count). The first kappa shape index (κ1) is 10.7. The van der Waals surface area contributed by atoms with Crippen molar-refractivity contribution in [3.63, 3.8) is 0 Å². The van der Waals surface area contributed by atoms with E-state index >= 15 is 0 Å². The summed E-state index contributed by atoms with van der Waals surface area (Å²) in [5, 5.41) is 0. The van der Waals surface area contributed by atoms with Gasteiger partial charge in [0.25, 0.3) is 0 Å². The smallest absolute Gasteiger partial charge is 0.192 e. The van der Waals surface area contributed by atoms with E-state index in [0.29, 0.717) is 17.9 Å². The number of methoxy groups -OCH3 is 1. The molecule has 0 aliphatic carbocycles. The monoisotopic (exact) mass is 194 g/mol. The van der Waals surface area contributed by atoms with Crippen LogP contribution >= 0.6 is 0 Å². The van der Waals surface area contributed by atoms with Gasteiger partial charge in [-0.05, 0) is 19.1 Å². The molecule has 0 aliphatic rings. The van der Waals surface area contributed by atoms with Gasteiger partial charge in [-0.3, -0.25) is 4.79 Å². The van der Waals surface area contributed by atoms with E-state index in [2.05, 4.69) is 0 Å². The number of benzene rings is 1. The molecule has 0 saturated heterocycles. The van der Waals surface area contributed by atoms with E-state index in [0.717, 1.165) is 0 Å². The number of Topliss-reactive ketones (excluding diaryl/α,β-unsaturated/α-hetero) is 1. The molecule has 0 saturated carbocycles. The quantitative estimate of drug-likeness (QED) is 0.672. The molecule has 3 heteroatoms. The Morgan fingerprint density at radius 2 is 2.07 bits per heavy atom. The third-order valence-corrected chi connectivity index (χ3v) is 1.76. The Balaban J connectivity index is 2.88. The number of ketones is 1. The second-order valence-corrected chi connectivity index (χ2v) is 2.79. The molecule has 76 valence electrons. The molecule has 1 aromatic carbocycles. The van der Waals surface area contributed by atoms with Crippen molar-refractivity contribution in [2.24, 2.45) is 0 Å². The highest BCUT2D eigenvalue weighted by Gasteiger charge is 2.10. The zero-order valence-electron chi connectivity index (χ0n) is 8.45. The van der Waals surface area contributed by atoms with E-state index in [1.807, 2.05) is 19.1 Å². The van der Waals surface area contributed by atoms with Crippen LogP contribution < -0.4 is 4.74 Å². The van der Waals surface area contributed by atoms with Crippen LogP contribution in [0.5, 0.6) is 5.75 Å². The van der Waals surface area contributed by atoms with E-state index in [-0.39, 0.29) is 12.4 Å². The standard InChI is InChI=1S/C11H14O3/c1-3-14-11-7-5-4-6-9(11)10(12)8-13-2/h4-7H,3,8H2,1-2H3. The minimum absolute atomic E-state index is 0.0587. The molecular weight excluding hydrogens is 180 g/mol. The lowest BCUT2D eigenvalue weighted by molar-refractivity contribution is 0.0844. The van der Waals surface area contributed by atoms with Gasteiger partial charge in [0.05, 0.1) is 12.2 Å². The van der Waals surface area contributed by atoms with Crippen molar-refractivity contribution < 1.29 is 14.3 Å². The minimum Gasteiger partial charge on any atom is -0.493 e. The van der Waals surface area contributed by atoms with Gasteiger partial charge >= 0.3 is 0 Å². The number of carbonyl (C=O) groups is 1. The summed E-state index contributed by atoms with van der Waals surface area (Å²) >= 11 is 0. The van der Waals surface area contributed by atoms with E-state index < -0.39 is 0 Å². The van der Waals surface area contributed by atoms with Gasteiger partial charge in [-0.15, -0.1) is 0 Å². The van der Waals surface area contributed by atoms with E-state index in [4.69, 9.17) is 9.47 Å². The number of ether oxygens (including phenoxy) is 2. The maximum absolute atomic E-state index is 11.5. The second-order valence-electron chi connectivity index (χ2n) is 2.79.